The predicted molar refractivity (Wildman–Crippen MR) is 403 cm³/mol. The van der Waals surface area contributed by atoms with Crippen molar-refractivity contribution in [3.05, 3.63) is 255 Å². The van der Waals surface area contributed by atoms with Crippen LogP contribution in [0.3, 0.4) is 0 Å². The van der Waals surface area contributed by atoms with Crippen molar-refractivity contribution in [2.75, 3.05) is 14.2 Å². The van der Waals surface area contributed by atoms with E-state index in [0.29, 0.717) is 22.6 Å². The molecule has 12 rings (SSSR count). The van der Waals surface area contributed by atoms with Crippen LogP contribution in [0.25, 0.3) is 22.3 Å². The summed E-state index contributed by atoms with van der Waals surface area (Å²) in [6, 6.07) is 57.1. The van der Waals surface area contributed by atoms with Gasteiger partial charge in [0.1, 0.15) is 52.8 Å². The summed E-state index contributed by atoms with van der Waals surface area (Å²) in [5.41, 5.74) is 12.5. The second-order valence-electron chi connectivity index (χ2n) is 25.5. The summed E-state index contributed by atoms with van der Waals surface area (Å²) in [4.78, 5) is 34.4. The Kier molecular flexibility index (Phi) is 29.3. The Morgan fingerprint density at radius 3 is 1.08 bits per heavy atom. The van der Waals surface area contributed by atoms with Gasteiger partial charge in [-0.25, -0.2) is 0 Å². The van der Waals surface area contributed by atoms with Gasteiger partial charge in [-0.3, -0.25) is 14.4 Å². The molecule has 0 saturated carbocycles. The van der Waals surface area contributed by atoms with Gasteiger partial charge in [0.2, 0.25) is 0 Å². The number of alkyl halides is 9. The molecule has 0 fully saturated rings. The lowest BCUT2D eigenvalue weighted by molar-refractivity contribution is -0.275. The molecule has 0 bridgehead atoms. The Morgan fingerprint density at radius 1 is 0.423 bits per heavy atom. The number of hydrogen-bond acceptors (Lipinski definition) is 13. The van der Waals surface area contributed by atoms with Gasteiger partial charge in [0.05, 0.1) is 51.2 Å². The maximum absolute atomic E-state index is 12.6. The van der Waals surface area contributed by atoms with E-state index in [1.165, 1.54) is 67.8 Å². The second kappa shape index (κ2) is 38.9. The van der Waals surface area contributed by atoms with Crippen LogP contribution >= 0.6 is 15.9 Å². The Labute approximate surface area is 645 Å². The van der Waals surface area contributed by atoms with Crippen LogP contribution in [0.5, 0.6) is 34.5 Å². The van der Waals surface area contributed by atoms with E-state index >= 15 is 0 Å². The zero-order chi connectivity index (χ0) is 80.0. The summed E-state index contributed by atoms with van der Waals surface area (Å²) >= 11 is 3.52. The first-order chi connectivity index (χ1) is 52.9. The van der Waals surface area contributed by atoms with Crippen LogP contribution in [-0.2, 0) is 43.1 Å². The number of rotatable bonds is 21. The van der Waals surface area contributed by atoms with E-state index < -0.39 is 37.9 Å². The molecule has 9 aromatic carbocycles. The lowest BCUT2D eigenvalue weighted by atomic mass is 9.80. The molecule has 3 unspecified atom stereocenters. The molecule has 3 aliphatic carbocycles. The zero-order valence-corrected chi connectivity index (χ0v) is 62.2. The van der Waals surface area contributed by atoms with Crippen molar-refractivity contribution in [1.82, 2.24) is 0 Å². The number of aliphatic carboxylic acids is 1. The first-order valence-electron chi connectivity index (χ1n) is 34.9. The highest BCUT2D eigenvalue weighted by Crippen LogP contribution is 2.42. The fraction of sp³-hybridized carbons (Fsp3) is 0.267. The third kappa shape index (κ3) is 25.4. The van der Waals surface area contributed by atoms with Gasteiger partial charge in [-0.15, -0.1) is 57.3 Å². The van der Waals surface area contributed by atoms with Crippen LogP contribution < -0.4 is 33.9 Å². The molecule has 14 nitrogen and oxygen atoms in total. The number of halogens is 10. The molecule has 9 aromatic rings. The number of benzene rings is 9. The first kappa shape index (κ1) is 83.7. The molecule has 25 heteroatoms. The van der Waals surface area contributed by atoms with Crippen LogP contribution in [0.15, 0.2) is 205 Å². The van der Waals surface area contributed by atoms with Gasteiger partial charge in [0.15, 0.2) is 0 Å². The summed E-state index contributed by atoms with van der Waals surface area (Å²) < 4.78 is 152. The topological polar surface area (TPSA) is 186 Å². The average Bonchev–Trinajstić information content (AvgIpc) is 1.70. The number of carbonyl (C=O) groups is 3. The fourth-order valence-electron chi connectivity index (χ4n) is 12.8. The Hall–Kier alpha value is -11.3. The highest BCUT2D eigenvalue weighted by Gasteiger charge is 2.35. The van der Waals surface area contributed by atoms with Crippen molar-refractivity contribution >= 4 is 46.4 Å². The van der Waals surface area contributed by atoms with E-state index in [0.717, 1.165) is 111 Å². The lowest BCUT2D eigenvalue weighted by Crippen LogP contribution is -2.30. The number of aryl methyl sites for hydroxylation is 3. The Balaban J connectivity index is 0.000000178. The molecule has 0 spiro atoms. The number of carbonyl (C=O) groups excluding carboxylic acids is 2. The third-order valence-electron chi connectivity index (χ3n) is 17.9. The smallest absolute Gasteiger partial charge is 0.486 e. The number of methoxy groups -OCH3 is 2. The van der Waals surface area contributed by atoms with Crippen molar-refractivity contribution in [3.8, 4) is 92.3 Å². The summed E-state index contributed by atoms with van der Waals surface area (Å²) in [6.07, 6.45) is -8.87. The number of hydrogen-bond donors (Lipinski definition) is 3. The van der Waals surface area contributed by atoms with Crippen LogP contribution in [0.2, 0.25) is 0 Å². The SMILES string of the molecule is CC#C[C@H](CC(=O)O)c1ccc(OC2CCc3cc(-c4cccc(OC(F)(F)F)c4)ccc32)cc1.CC#C[C@H](CC(=O)OC)c1ccc(OC2CCc3cc(-c4cccc(OC(F)(F)F)c4)ccc32)cc1.CC#C[C@H](CC(=O)OC)c1ccc(OC2CCc3cc(Br)ccc32)cc1.OB(O)c1cccc(OC(F)(F)F)c1. The zero-order valence-electron chi connectivity index (χ0n) is 60.6. The molecular formula is C86H75BBrF9O14. The minimum atomic E-state index is -4.78. The van der Waals surface area contributed by atoms with E-state index in [-0.39, 0.29) is 84.2 Å². The van der Waals surface area contributed by atoms with Gasteiger partial charge in [-0.1, -0.05) is 149 Å². The van der Waals surface area contributed by atoms with Gasteiger partial charge >= 0.3 is 44.1 Å². The number of fused-ring (bicyclic) bond motifs is 3. The van der Waals surface area contributed by atoms with Gasteiger partial charge < -0.3 is 53.0 Å². The molecule has 6 atom stereocenters. The van der Waals surface area contributed by atoms with Gasteiger partial charge in [-0.05, 0) is 222 Å². The van der Waals surface area contributed by atoms with Gasteiger partial charge in [0.25, 0.3) is 0 Å². The molecule has 3 aliphatic rings. The standard InChI is InChI=1S/C29H25F3O4.C28H23F3O4.C22H21BrO3.C7H6BF3O3/c1-3-5-20(18-28(33)34-2)19-8-12-24(13-9-19)35-27-15-11-23-16-22(10-14-26(23)27)21-6-4-7-25(17-21)36-29(30,31)32;1-2-4-19(17-27(32)33)18-7-11-23(12-8-18)34-26-14-10-22-15-21(9-13-25(22)26)20-5-3-6-24(16-20)35-28(29,30)31;1-3-4-16(14-22(24)25-2)15-5-9-19(10-6-15)26-21-12-7-17-13-18(23)8-11-20(17)21;9-7(10,11)14-6-3-1-2-5(4-6)8(12)13/h4,6-10,12-14,16-17,20,27H,11,15,18H2,1-2H3;3,5-9,11-13,15-16,19,26H,10,14,17H2,1H3,(H,32,33);5-6,8-11,13,16,21H,7,12,14H2,1-2H3;1-4,12-13H/t20-,27?;19-,26?;16-,21?;/m111./s1. The molecule has 3 N–H and O–H groups in total. The molecule has 0 radical (unpaired) electrons. The van der Waals surface area contributed by atoms with E-state index in [9.17, 15) is 53.9 Å². The Bertz CT molecular complexity index is 4880. The summed E-state index contributed by atoms with van der Waals surface area (Å²) in [7, 11) is 0.942. The maximum atomic E-state index is 12.6. The molecule has 0 aromatic heterocycles. The summed E-state index contributed by atoms with van der Waals surface area (Å²) in [5, 5.41) is 26.4. The van der Waals surface area contributed by atoms with Crippen LogP contribution in [0.4, 0.5) is 39.5 Å². The van der Waals surface area contributed by atoms with Crippen LogP contribution in [0.1, 0.15) is 145 Å². The average molecular weight is 1590 g/mol. The Morgan fingerprint density at radius 2 is 0.748 bits per heavy atom. The van der Waals surface area contributed by atoms with Crippen molar-refractivity contribution in [1.29, 1.82) is 0 Å². The van der Waals surface area contributed by atoms with E-state index in [1.54, 1.807) is 39.0 Å². The number of ether oxygens (including phenoxy) is 8. The minimum absolute atomic E-state index is 0.0632. The van der Waals surface area contributed by atoms with Gasteiger partial charge in [0, 0.05) is 4.47 Å². The van der Waals surface area contributed by atoms with Crippen molar-refractivity contribution < 1.29 is 107 Å². The first-order valence-corrected chi connectivity index (χ1v) is 35.7. The molecular weight excluding hydrogens is 1520 g/mol. The van der Waals surface area contributed by atoms with E-state index in [1.807, 2.05) is 109 Å². The molecule has 0 saturated heterocycles. The van der Waals surface area contributed by atoms with Crippen molar-refractivity contribution in [2.45, 2.75) is 134 Å². The number of esters is 2. The summed E-state index contributed by atoms with van der Waals surface area (Å²) in [6.45, 7) is 5.19. The van der Waals surface area contributed by atoms with Gasteiger partial charge in [-0.2, -0.15) is 0 Å². The quantitative estimate of drug-likeness (QED) is 0.0267. The second-order valence-corrected chi connectivity index (χ2v) is 26.4. The summed E-state index contributed by atoms with van der Waals surface area (Å²) in [5.74, 6) is 16.6. The van der Waals surface area contributed by atoms with Crippen LogP contribution in [0, 0.1) is 35.5 Å². The maximum Gasteiger partial charge on any atom is 0.573 e. The lowest BCUT2D eigenvalue weighted by Gasteiger charge is -2.17. The van der Waals surface area contributed by atoms with Crippen LogP contribution in [-0.4, -0.2) is 73.5 Å². The number of carboxylic acids is 1. The molecule has 0 heterocycles. The van der Waals surface area contributed by atoms with E-state index in [4.69, 9.17) is 38.8 Å². The minimum Gasteiger partial charge on any atom is -0.486 e. The largest absolute Gasteiger partial charge is 0.573 e. The highest BCUT2D eigenvalue weighted by atomic mass is 79.9. The molecule has 111 heavy (non-hydrogen) atoms. The van der Waals surface area contributed by atoms with Crippen molar-refractivity contribution in [2.24, 2.45) is 0 Å². The normalized spacial score (nSPS) is 15.1. The highest BCUT2D eigenvalue weighted by molar-refractivity contribution is 9.10. The molecule has 0 amide bonds. The van der Waals surface area contributed by atoms with Crippen molar-refractivity contribution in [3.63, 3.8) is 0 Å². The monoisotopic (exact) mass is 1590 g/mol. The van der Waals surface area contributed by atoms with E-state index in [2.05, 4.69) is 83.9 Å². The third-order valence-corrected chi connectivity index (χ3v) is 18.4. The fourth-order valence-corrected chi connectivity index (χ4v) is 13.2. The predicted octanol–water partition coefficient (Wildman–Crippen LogP) is 19.3. The number of carboxylic acid groups (broad SMARTS) is 1. The molecule has 576 valence electrons. The molecule has 0 aliphatic heterocycles.